The molecule has 0 spiro atoms. The fourth-order valence-corrected chi connectivity index (χ4v) is 4.59. The number of hydrogen-bond donors (Lipinski definition) is 2. The van der Waals surface area contributed by atoms with Gasteiger partial charge in [0.25, 0.3) is 11.8 Å². The van der Waals surface area contributed by atoms with Gasteiger partial charge in [0.2, 0.25) is 5.91 Å². The summed E-state index contributed by atoms with van der Waals surface area (Å²) in [6.07, 6.45) is 4.62. The Morgan fingerprint density at radius 2 is 1.83 bits per heavy atom. The first-order chi connectivity index (χ1) is 16.8. The predicted octanol–water partition coefficient (Wildman–Crippen LogP) is 1.79. The lowest BCUT2D eigenvalue weighted by atomic mass is 9.96. The van der Waals surface area contributed by atoms with Gasteiger partial charge in [0.05, 0.1) is 6.54 Å². The molecule has 0 unspecified atom stereocenters. The van der Waals surface area contributed by atoms with Crippen LogP contribution in [0.25, 0.3) is 0 Å². The summed E-state index contributed by atoms with van der Waals surface area (Å²) in [4.78, 5) is 42.5. The van der Waals surface area contributed by atoms with E-state index in [-0.39, 0.29) is 48.0 Å². The lowest BCUT2D eigenvalue weighted by Crippen LogP contribution is -2.62. The molecular formula is C25H33FN6O3. The van der Waals surface area contributed by atoms with Crippen molar-refractivity contribution >= 4 is 17.7 Å². The fourth-order valence-electron chi connectivity index (χ4n) is 4.59. The van der Waals surface area contributed by atoms with E-state index in [2.05, 4.69) is 20.6 Å². The molecule has 1 atom stereocenters. The van der Waals surface area contributed by atoms with Crippen molar-refractivity contribution in [2.75, 3.05) is 33.2 Å². The highest BCUT2D eigenvalue weighted by atomic mass is 19.1. The van der Waals surface area contributed by atoms with E-state index in [0.29, 0.717) is 6.54 Å². The number of nitrogens with one attached hydrogen (secondary N) is 2. The first-order valence-corrected chi connectivity index (χ1v) is 12.2. The Morgan fingerprint density at radius 3 is 2.54 bits per heavy atom. The van der Waals surface area contributed by atoms with Crippen molar-refractivity contribution < 1.29 is 18.8 Å². The standard InChI is InChI=1S/C25H33FN6O3/c1-25(24(35)28-16-18-7-9-19(26)10-8-18)17-32-21(23(34)30(25)2)15-20(29-32)22(33)27-11-6-14-31-12-4-3-5-13-31/h7-10,15H,3-6,11-14,16-17H2,1-2H3,(H,27,33)(H,28,35)/t25-/m0/s1. The van der Waals surface area contributed by atoms with Gasteiger partial charge in [-0.2, -0.15) is 5.10 Å². The van der Waals surface area contributed by atoms with E-state index in [9.17, 15) is 18.8 Å². The molecule has 0 saturated carbocycles. The van der Waals surface area contributed by atoms with Crippen LogP contribution in [0.5, 0.6) is 0 Å². The number of halogens is 1. The normalized spacial score (nSPS) is 20.4. The molecule has 0 bridgehead atoms. The van der Waals surface area contributed by atoms with Crippen LogP contribution in [-0.4, -0.2) is 76.1 Å². The van der Waals surface area contributed by atoms with Crippen molar-refractivity contribution in [1.82, 2.24) is 30.2 Å². The maximum Gasteiger partial charge on any atom is 0.272 e. The number of likely N-dealkylation sites (N-methyl/N-ethyl adjacent to an activating group) is 1. The number of carbonyl (C=O) groups is 3. The molecule has 2 aliphatic heterocycles. The zero-order valence-corrected chi connectivity index (χ0v) is 20.3. The third-order valence-electron chi connectivity index (χ3n) is 6.98. The number of rotatable bonds is 8. The molecular weight excluding hydrogens is 451 g/mol. The van der Waals surface area contributed by atoms with Gasteiger partial charge in [-0.1, -0.05) is 18.6 Å². The van der Waals surface area contributed by atoms with E-state index in [1.807, 2.05) is 0 Å². The van der Waals surface area contributed by atoms with Crippen molar-refractivity contribution in [3.05, 3.63) is 53.1 Å². The topological polar surface area (TPSA) is 99.6 Å². The van der Waals surface area contributed by atoms with Crippen LogP contribution in [0.15, 0.2) is 30.3 Å². The summed E-state index contributed by atoms with van der Waals surface area (Å²) >= 11 is 0. The first-order valence-electron chi connectivity index (χ1n) is 12.2. The maximum atomic E-state index is 13.1. The lowest BCUT2D eigenvalue weighted by Gasteiger charge is -2.40. The van der Waals surface area contributed by atoms with Gasteiger partial charge >= 0.3 is 0 Å². The molecule has 0 radical (unpaired) electrons. The second-order valence-electron chi connectivity index (χ2n) is 9.53. The average molecular weight is 485 g/mol. The Balaban J connectivity index is 1.36. The summed E-state index contributed by atoms with van der Waals surface area (Å²) in [6.45, 7) is 5.70. The Morgan fingerprint density at radius 1 is 1.11 bits per heavy atom. The summed E-state index contributed by atoms with van der Waals surface area (Å²) in [5.41, 5.74) is -0.0177. The Hall–Kier alpha value is -3.27. The number of piperidine rings is 1. The van der Waals surface area contributed by atoms with Gasteiger partial charge in [-0.25, -0.2) is 4.39 Å². The zero-order chi connectivity index (χ0) is 25.0. The minimum absolute atomic E-state index is 0.113. The highest BCUT2D eigenvalue weighted by molar-refractivity contribution is 6.01. The first kappa shape index (κ1) is 24.8. The van der Waals surface area contributed by atoms with Crippen molar-refractivity contribution in [3.8, 4) is 0 Å². The Bertz CT molecular complexity index is 1080. The van der Waals surface area contributed by atoms with Gasteiger partial charge in [0.1, 0.15) is 17.1 Å². The number of nitrogens with zero attached hydrogens (tertiary/aromatic N) is 4. The molecule has 3 amide bonds. The van der Waals surface area contributed by atoms with Gasteiger partial charge in [-0.05, 0) is 63.5 Å². The van der Waals surface area contributed by atoms with E-state index >= 15 is 0 Å². The molecule has 1 aromatic carbocycles. The molecule has 2 aromatic rings. The van der Waals surface area contributed by atoms with Crippen molar-refractivity contribution in [2.45, 2.75) is 51.2 Å². The van der Waals surface area contributed by atoms with E-state index in [4.69, 9.17) is 0 Å². The Labute approximate surface area is 204 Å². The molecule has 1 saturated heterocycles. The largest absolute Gasteiger partial charge is 0.351 e. The molecule has 188 valence electrons. The van der Waals surface area contributed by atoms with Gasteiger partial charge in [-0.3, -0.25) is 19.1 Å². The van der Waals surface area contributed by atoms with E-state index in [1.54, 1.807) is 26.1 Å². The lowest BCUT2D eigenvalue weighted by molar-refractivity contribution is -0.132. The highest BCUT2D eigenvalue weighted by Crippen LogP contribution is 2.26. The third-order valence-corrected chi connectivity index (χ3v) is 6.98. The smallest absolute Gasteiger partial charge is 0.272 e. The molecule has 2 aliphatic rings. The number of fused-ring (bicyclic) bond motifs is 1. The minimum Gasteiger partial charge on any atom is -0.351 e. The second kappa shape index (κ2) is 10.6. The molecule has 0 aliphatic carbocycles. The molecule has 1 aromatic heterocycles. The summed E-state index contributed by atoms with van der Waals surface area (Å²) < 4.78 is 14.6. The second-order valence-corrected chi connectivity index (χ2v) is 9.53. The van der Waals surface area contributed by atoms with E-state index < -0.39 is 5.54 Å². The number of likely N-dealkylation sites (tertiary alicyclic amines) is 1. The summed E-state index contributed by atoms with van der Waals surface area (Å²) in [7, 11) is 1.57. The van der Waals surface area contributed by atoms with Crippen LogP contribution in [-0.2, 0) is 17.9 Å². The predicted molar refractivity (Wildman–Crippen MR) is 128 cm³/mol. The average Bonchev–Trinajstić information content (AvgIpc) is 3.29. The molecule has 35 heavy (non-hydrogen) atoms. The summed E-state index contributed by atoms with van der Waals surface area (Å²) in [6, 6.07) is 7.33. The number of carbonyl (C=O) groups excluding carboxylic acids is 3. The molecule has 10 heteroatoms. The summed E-state index contributed by atoms with van der Waals surface area (Å²) in [5, 5.41) is 10.0. The van der Waals surface area contributed by atoms with Gasteiger partial charge in [0, 0.05) is 26.2 Å². The number of aromatic nitrogens is 2. The van der Waals surface area contributed by atoms with Gasteiger partial charge in [-0.15, -0.1) is 0 Å². The van der Waals surface area contributed by atoms with Crippen LogP contribution >= 0.6 is 0 Å². The summed E-state index contributed by atoms with van der Waals surface area (Å²) in [5.74, 6) is -1.42. The van der Waals surface area contributed by atoms with Crippen molar-refractivity contribution in [1.29, 1.82) is 0 Å². The molecule has 9 nitrogen and oxygen atoms in total. The SMILES string of the molecule is CN1C(=O)c2cc(C(=O)NCCCN3CCCCC3)nn2C[C@@]1(C)C(=O)NCc1ccc(F)cc1. The Kier molecular flexibility index (Phi) is 7.49. The fraction of sp³-hybridized carbons (Fsp3) is 0.520. The molecule has 4 rings (SSSR count). The highest BCUT2D eigenvalue weighted by Gasteiger charge is 2.46. The van der Waals surface area contributed by atoms with Crippen LogP contribution in [0.1, 0.15) is 59.1 Å². The monoisotopic (exact) mass is 484 g/mol. The zero-order valence-electron chi connectivity index (χ0n) is 20.3. The molecule has 2 N–H and O–H groups in total. The number of amides is 3. The van der Waals surface area contributed by atoms with Crippen molar-refractivity contribution in [3.63, 3.8) is 0 Å². The third kappa shape index (κ3) is 5.53. The number of benzene rings is 1. The maximum absolute atomic E-state index is 13.1. The van der Waals surface area contributed by atoms with Crippen LogP contribution in [0.3, 0.4) is 0 Å². The quantitative estimate of drug-likeness (QED) is 0.557. The van der Waals surface area contributed by atoms with Gasteiger partial charge in [0.15, 0.2) is 5.69 Å². The van der Waals surface area contributed by atoms with Gasteiger partial charge < -0.3 is 20.4 Å². The molecule has 3 heterocycles. The number of hydrogen-bond acceptors (Lipinski definition) is 5. The van der Waals surface area contributed by atoms with E-state index in [0.717, 1.165) is 31.6 Å². The van der Waals surface area contributed by atoms with Crippen LogP contribution in [0.4, 0.5) is 4.39 Å². The van der Waals surface area contributed by atoms with Crippen molar-refractivity contribution in [2.24, 2.45) is 0 Å². The van der Waals surface area contributed by atoms with Crippen LogP contribution < -0.4 is 10.6 Å². The van der Waals surface area contributed by atoms with Crippen LogP contribution in [0.2, 0.25) is 0 Å². The molecule has 1 fully saturated rings. The van der Waals surface area contributed by atoms with Crippen LogP contribution in [0, 0.1) is 5.82 Å². The minimum atomic E-state index is -1.20. The van der Waals surface area contributed by atoms with E-state index in [1.165, 1.54) is 47.0 Å².